The molecule has 6 nitrogen and oxygen atoms in total. The molecule has 0 aliphatic carbocycles. The first kappa shape index (κ1) is 20.2. The Labute approximate surface area is 159 Å². The lowest BCUT2D eigenvalue weighted by molar-refractivity contribution is -0.123. The zero-order valence-electron chi connectivity index (χ0n) is 16.1. The Morgan fingerprint density at radius 2 is 1.85 bits per heavy atom. The van der Waals surface area contributed by atoms with Gasteiger partial charge >= 0.3 is 0 Å². The molecule has 0 unspecified atom stereocenters. The second-order valence-corrected chi connectivity index (χ2v) is 6.58. The Bertz CT molecular complexity index is 827. The van der Waals surface area contributed by atoms with Gasteiger partial charge in [0.15, 0.2) is 6.61 Å². The van der Waals surface area contributed by atoms with Gasteiger partial charge in [-0.1, -0.05) is 43.7 Å². The van der Waals surface area contributed by atoms with Gasteiger partial charge in [-0.15, -0.1) is 0 Å². The number of nitrogens with one attached hydrogen (secondary N) is 2. The number of rotatable bonds is 7. The largest absolute Gasteiger partial charge is 0.483 e. The molecule has 0 spiro atoms. The second kappa shape index (κ2) is 9.52. The maximum absolute atomic E-state index is 11.9. The number of anilines is 1. The zero-order chi connectivity index (χ0) is 19.8. The summed E-state index contributed by atoms with van der Waals surface area (Å²) in [6.45, 7) is 7.54. The first-order valence-corrected chi connectivity index (χ1v) is 8.78. The summed E-state index contributed by atoms with van der Waals surface area (Å²) in [5.74, 6) is 0.555. The molecule has 0 radical (unpaired) electrons. The monoisotopic (exact) mass is 367 g/mol. The van der Waals surface area contributed by atoms with E-state index in [1.165, 1.54) is 13.1 Å². The summed E-state index contributed by atoms with van der Waals surface area (Å²) in [7, 11) is 0. The molecule has 0 aromatic heterocycles. The van der Waals surface area contributed by atoms with Gasteiger partial charge in [-0.2, -0.15) is 5.10 Å². The summed E-state index contributed by atoms with van der Waals surface area (Å²) in [4.78, 5) is 22.9. The fourth-order valence-corrected chi connectivity index (χ4v) is 2.46. The van der Waals surface area contributed by atoms with E-state index in [9.17, 15) is 9.59 Å². The third-order valence-electron chi connectivity index (χ3n) is 3.78. The number of aryl methyl sites for hydroxylation is 1. The maximum Gasteiger partial charge on any atom is 0.277 e. The molecule has 2 amide bonds. The lowest BCUT2D eigenvalue weighted by atomic mass is 10.00. The molecule has 0 atom stereocenters. The van der Waals surface area contributed by atoms with Gasteiger partial charge in [-0.3, -0.25) is 9.59 Å². The minimum atomic E-state index is -0.337. The van der Waals surface area contributed by atoms with Crippen molar-refractivity contribution in [2.75, 3.05) is 11.9 Å². The molecule has 0 heterocycles. The van der Waals surface area contributed by atoms with Gasteiger partial charge < -0.3 is 10.1 Å². The van der Waals surface area contributed by atoms with Crippen molar-refractivity contribution in [1.82, 2.24) is 5.43 Å². The number of carbonyl (C=O) groups excluding carboxylic acids is 2. The van der Waals surface area contributed by atoms with Crippen LogP contribution in [-0.2, 0) is 9.59 Å². The van der Waals surface area contributed by atoms with Crippen LogP contribution in [0.5, 0.6) is 5.75 Å². The maximum atomic E-state index is 11.9. The van der Waals surface area contributed by atoms with Crippen LogP contribution in [0.3, 0.4) is 0 Å². The van der Waals surface area contributed by atoms with Gasteiger partial charge in [-0.05, 0) is 42.2 Å². The van der Waals surface area contributed by atoms with E-state index in [0.717, 1.165) is 16.7 Å². The van der Waals surface area contributed by atoms with Crippen LogP contribution in [-0.4, -0.2) is 24.6 Å². The van der Waals surface area contributed by atoms with Crippen molar-refractivity contribution >= 4 is 23.7 Å². The minimum absolute atomic E-state index is 0.110. The van der Waals surface area contributed by atoms with E-state index in [4.69, 9.17) is 4.74 Å². The molecule has 0 saturated carbocycles. The van der Waals surface area contributed by atoms with E-state index in [0.29, 0.717) is 17.4 Å². The van der Waals surface area contributed by atoms with Crippen molar-refractivity contribution in [3.8, 4) is 5.75 Å². The van der Waals surface area contributed by atoms with Crippen LogP contribution < -0.4 is 15.5 Å². The van der Waals surface area contributed by atoms with Crippen molar-refractivity contribution in [2.45, 2.75) is 33.6 Å². The van der Waals surface area contributed by atoms with E-state index in [1.54, 1.807) is 24.3 Å². The van der Waals surface area contributed by atoms with Gasteiger partial charge in [0.25, 0.3) is 5.91 Å². The highest BCUT2D eigenvalue weighted by Crippen LogP contribution is 2.27. The third-order valence-corrected chi connectivity index (χ3v) is 3.78. The highest BCUT2D eigenvalue weighted by molar-refractivity contribution is 5.89. The Morgan fingerprint density at radius 1 is 1.15 bits per heavy atom. The molecule has 0 fully saturated rings. The molecule has 0 saturated heterocycles. The number of hydrogen-bond donors (Lipinski definition) is 2. The number of carbonyl (C=O) groups is 2. The normalized spacial score (nSPS) is 10.9. The fraction of sp³-hybridized carbons (Fsp3) is 0.286. The molecule has 2 aromatic carbocycles. The van der Waals surface area contributed by atoms with E-state index >= 15 is 0 Å². The van der Waals surface area contributed by atoms with Gasteiger partial charge in [-0.25, -0.2) is 5.43 Å². The predicted molar refractivity (Wildman–Crippen MR) is 107 cm³/mol. The van der Waals surface area contributed by atoms with Gasteiger partial charge in [0, 0.05) is 12.6 Å². The Morgan fingerprint density at radius 3 is 2.48 bits per heavy atom. The fourth-order valence-electron chi connectivity index (χ4n) is 2.46. The molecule has 0 aliphatic rings. The van der Waals surface area contributed by atoms with E-state index < -0.39 is 0 Å². The van der Waals surface area contributed by atoms with Crippen LogP contribution in [0.2, 0.25) is 0 Å². The molecule has 2 aromatic rings. The molecule has 6 heteroatoms. The average molecular weight is 367 g/mol. The van der Waals surface area contributed by atoms with Crippen LogP contribution in [0, 0.1) is 6.92 Å². The Balaban J connectivity index is 1.86. The van der Waals surface area contributed by atoms with Crippen LogP contribution in [0.1, 0.15) is 43.4 Å². The predicted octanol–water partition coefficient (Wildman–Crippen LogP) is 3.61. The van der Waals surface area contributed by atoms with Crippen molar-refractivity contribution in [3.05, 3.63) is 59.2 Å². The zero-order valence-corrected chi connectivity index (χ0v) is 16.1. The van der Waals surface area contributed by atoms with Crippen LogP contribution >= 0.6 is 0 Å². The van der Waals surface area contributed by atoms with Crippen molar-refractivity contribution in [1.29, 1.82) is 0 Å². The van der Waals surface area contributed by atoms with Crippen molar-refractivity contribution in [2.24, 2.45) is 5.10 Å². The van der Waals surface area contributed by atoms with E-state index in [1.807, 2.05) is 19.1 Å². The summed E-state index contributed by atoms with van der Waals surface area (Å²) in [6.07, 6.45) is 1.53. The van der Waals surface area contributed by atoms with E-state index in [2.05, 4.69) is 35.8 Å². The number of nitrogens with zero attached hydrogens (tertiary/aromatic N) is 1. The number of hydrazone groups is 1. The van der Waals surface area contributed by atoms with Crippen molar-refractivity contribution < 1.29 is 14.3 Å². The molecule has 27 heavy (non-hydrogen) atoms. The lowest BCUT2D eigenvalue weighted by Gasteiger charge is -2.14. The molecule has 0 aliphatic heterocycles. The number of ether oxygens (including phenoxy) is 1. The summed E-state index contributed by atoms with van der Waals surface area (Å²) >= 11 is 0. The topological polar surface area (TPSA) is 79.8 Å². The molecule has 2 rings (SSSR count). The standard InChI is InChI=1S/C21H25N3O3/c1-14(2)19-11-15(3)5-10-20(19)27-13-21(26)24-22-12-17-6-8-18(9-7-17)23-16(4)25/h5-12,14H,13H2,1-4H3,(H,23,25)(H,24,26)/b22-12-. The third kappa shape index (κ3) is 6.58. The SMILES string of the molecule is CC(=O)Nc1ccc(/C=N\NC(=O)COc2ccc(C)cc2C(C)C)cc1. The number of hydrogen-bond acceptors (Lipinski definition) is 4. The molecule has 0 bridgehead atoms. The smallest absolute Gasteiger partial charge is 0.277 e. The number of amides is 2. The van der Waals surface area contributed by atoms with E-state index in [-0.39, 0.29) is 18.4 Å². The first-order valence-electron chi connectivity index (χ1n) is 8.78. The first-order chi connectivity index (χ1) is 12.8. The van der Waals surface area contributed by atoms with Crippen molar-refractivity contribution in [3.63, 3.8) is 0 Å². The highest BCUT2D eigenvalue weighted by Gasteiger charge is 2.10. The number of benzene rings is 2. The summed E-state index contributed by atoms with van der Waals surface area (Å²) < 4.78 is 5.64. The highest BCUT2D eigenvalue weighted by atomic mass is 16.5. The molecular weight excluding hydrogens is 342 g/mol. The average Bonchev–Trinajstić information content (AvgIpc) is 2.61. The summed E-state index contributed by atoms with van der Waals surface area (Å²) in [5.41, 5.74) is 6.18. The van der Waals surface area contributed by atoms with Gasteiger partial charge in [0.05, 0.1) is 6.21 Å². The van der Waals surface area contributed by atoms with Gasteiger partial charge in [0.1, 0.15) is 5.75 Å². The summed E-state index contributed by atoms with van der Waals surface area (Å²) in [6, 6.07) is 13.0. The second-order valence-electron chi connectivity index (χ2n) is 6.58. The van der Waals surface area contributed by atoms with Crippen LogP contribution in [0.4, 0.5) is 5.69 Å². The van der Waals surface area contributed by atoms with Gasteiger partial charge in [0.2, 0.25) is 5.91 Å². The summed E-state index contributed by atoms with van der Waals surface area (Å²) in [5, 5.41) is 6.61. The Kier molecular flexibility index (Phi) is 7.11. The molecular formula is C21H25N3O3. The van der Waals surface area contributed by atoms with Crippen LogP contribution in [0.25, 0.3) is 0 Å². The molecule has 2 N–H and O–H groups in total. The quantitative estimate of drug-likeness (QED) is 0.579. The minimum Gasteiger partial charge on any atom is -0.483 e. The molecule has 142 valence electrons. The Hall–Kier alpha value is -3.15. The lowest BCUT2D eigenvalue weighted by Crippen LogP contribution is -2.24. The van der Waals surface area contributed by atoms with Crippen LogP contribution in [0.15, 0.2) is 47.6 Å².